The molecule has 0 radical (unpaired) electrons. The van der Waals surface area contributed by atoms with Crippen LogP contribution in [0, 0.1) is 0 Å². The Balaban J connectivity index is 0.00000261. The number of rotatable bonds is 5. The first-order valence-corrected chi connectivity index (χ1v) is 10.7. The molecule has 148 valence electrons. The highest BCUT2D eigenvalue weighted by Crippen LogP contribution is 2.33. The molecule has 2 heterocycles. The zero-order chi connectivity index (χ0) is 18.7. The maximum Gasteiger partial charge on any atom is 0.253 e. The van der Waals surface area contributed by atoms with E-state index >= 15 is 0 Å². The molecule has 1 saturated heterocycles. The van der Waals surface area contributed by atoms with E-state index in [9.17, 15) is 13.2 Å². The van der Waals surface area contributed by atoms with Crippen LogP contribution in [0.5, 0.6) is 0 Å². The monoisotopic (exact) mass is 429 g/mol. The third kappa shape index (κ3) is 5.08. The van der Waals surface area contributed by atoms with Crippen LogP contribution in [0.1, 0.15) is 23.4 Å². The minimum absolute atomic E-state index is 0. The first-order valence-electron chi connectivity index (χ1n) is 8.46. The fourth-order valence-corrected chi connectivity index (χ4v) is 6.08. The molecule has 27 heavy (non-hydrogen) atoms. The number of benzene rings is 1. The molecule has 1 fully saturated rings. The van der Waals surface area contributed by atoms with Crippen LogP contribution in [-0.2, 0) is 21.4 Å². The highest BCUT2D eigenvalue weighted by molar-refractivity contribution is 7.91. The zero-order valence-electron chi connectivity index (χ0n) is 15.3. The molecule has 6 nitrogen and oxygen atoms in total. The normalized spacial score (nSPS) is 18.7. The second-order valence-corrected chi connectivity index (χ2v) is 9.72. The molecule has 1 aliphatic rings. The Morgan fingerprint density at radius 1 is 1.19 bits per heavy atom. The summed E-state index contributed by atoms with van der Waals surface area (Å²) in [4.78, 5) is 14.0. The van der Waals surface area contributed by atoms with Gasteiger partial charge in [0.25, 0.3) is 10.0 Å². The third-order valence-corrected chi connectivity index (χ3v) is 7.89. The van der Waals surface area contributed by atoms with Gasteiger partial charge in [-0.1, -0.05) is 30.3 Å². The van der Waals surface area contributed by atoms with Crippen molar-refractivity contribution in [2.24, 2.45) is 0 Å². The lowest BCUT2D eigenvalue weighted by Gasteiger charge is -2.39. The van der Waals surface area contributed by atoms with Gasteiger partial charge in [-0.3, -0.25) is 4.79 Å². The van der Waals surface area contributed by atoms with E-state index < -0.39 is 10.0 Å². The molecule has 3 rings (SSSR count). The van der Waals surface area contributed by atoms with Crippen LogP contribution in [0.25, 0.3) is 0 Å². The Hall–Kier alpha value is -1.45. The Morgan fingerprint density at radius 3 is 2.56 bits per heavy atom. The van der Waals surface area contributed by atoms with E-state index in [0.717, 1.165) is 10.4 Å². The fourth-order valence-electron chi connectivity index (χ4n) is 3.06. The highest BCUT2D eigenvalue weighted by Gasteiger charge is 2.36. The molecular formula is C18H24ClN3O3S2. The van der Waals surface area contributed by atoms with E-state index in [2.05, 4.69) is 10.2 Å². The van der Waals surface area contributed by atoms with Gasteiger partial charge in [-0.15, -0.1) is 23.7 Å². The number of nitrogens with one attached hydrogen (secondary N) is 1. The fraction of sp³-hybridized carbons (Fsp3) is 0.389. The van der Waals surface area contributed by atoms with Crippen LogP contribution < -0.4 is 5.32 Å². The van der Waals surface area contributed by atoms with Gasteiger partial charge in [0.1, 0.15) is 4.21 Å². The van der Waals surface area contributed by atoms with Gasteiger partial charge in [0, 0.05) is 31.4 Å². The van der Waals surface area contributed by atoms with Gasteiger partial charge >= 0.3 is 0 Å². The lowest BCUT2D eigenvalue weighted by atomic mass is 10.1. The molecule has 9 heteroatoms. The van der Waals surface area contributed by atoms with Gasteiger partial charge in [0.05, 0.1) is 12.6 Å². The first kappa shape index (κ1) is 21.8. The van der Waals surface area contributed by atoms with Crippen molar-refractivity contribution >= 4 is 39.7 Å². The summed E-state index contributed by atoms with van der Waals surface area (Å²) in [5.41, 5.74) is 0.998. The van der Waals surface area contributed by atoms with Crippen LogP contribution in [0.2, 0.25) is 0 Å². The largest absolute Gasteiger partial charge is 0.351 e. The standard InChI is InChI=1S/C18H23N3O3S2.ClH/c1-14(22)19-12-16-8-9-18(25-16)26(23,24)21-11-10-20(2)13-17(21)15-6-4-3-5-7-15;/h3-9,17H,10-13H2,1-2H3,(H,19,22);1H. The molecule has 0 aliphatic carbocycles. The number of thiophene rings is 1. The number of hydrogen-bond acceptors (Lipinski definition) is 5. The van der Waals surface area contributed by atoms with E-state index in [1.165, 1.54) is 18.3 Å². The summed E-state index contributed by atoms with van der Waals surface area (Å²) in [5.74, 6) is -0.133. The van der Waals surface area contributed by atoms with Crippen molar-refractivity contribution in [2.45, 2.75) is 23.7 Å². The Labute approximate surface area is 170 Å². The van der Waals surface area contributed by atoms with E-state index in [4.69, 9.17) is 0 Å². The predicted molar refractivity (Wildman–Crippen MR) is 110 cm³/mol. The molecule has 1 N–H and O–H groups in total. The molecule has 1 unspecified atom stereocenters. The maximum absolute atomic E-state index is 13.3. The topological polar surface area (TPSA) is 69.7 Å². The first-order chi connectivity index (χ1) is 12.4. The van der Waals surface area contributed by atoms with Crippen LogP contribution in [0.15, 0.2) is 46.7 Å². The van der Waals surface area contributed by atoms with Crippen molar-refractivity contribution in [3.8, 4) is 0 Å². The molecule has 1 amide bonds. The van der Waals surface area contributed by atoms with Crippen LogP contribution >= 0.6 is 23.7 Å². The van der Waals surface area contributed by atoms with Crippen LogP contribution in [-0.4, -0.2) is 50.2 Å². The van der Waals surface area contributed by atoms with Gasteiger partial charge in [-0.25, -0.2) is 8.42 Å². The number of carbonyl (C=O) groups excluding carboxylic acids is 1. The average molecular weight is 430 g/mol. The Bertz CT molecular complexity index is 871. The summed E-state index contributed by atoms with van der Waals surface area (Å²) < 4.78 is 28.4. The molecule has 1 aromatic heterocycles. The van der Waals surface area contributed by atoms with Gasteiger partial charge in [0.2, 0.25) is 5.91 Å². The van der Waals surface area contributed by atoms with E-state index in [1.807, 2.05) is 37.4 Å². The van der Waals surface area contributed by atoms with Crippen molar-refractivity contribution in [1.29, 1.82) is 0 Å². The number of sulfonamides is 1. The number of hydrogen-bond donors (Lipinski definition) is 1. The third-order valence-electron chi connectivity index (χ3n) is 4.43. The van der Waals surface area contributed by atoms with Crippen molar-refractivity contribution in [3.05, 3.63) is 52.9 Å². The van der Waals surface area contributed by atoms with E-state index in [-0.39, 0.29) is 24.4 Å². The number of carbonyl (C=O) groups is 1. The maximum atomic E-state index is 13.3. The van der Waals surface area contributed by atoms with Crippen molar-refractivity contribution in [1.82, 2.24) is 14.5 Å². The van der Waals surface area contributed by atoms with E-state index in [1.54, 1.807) is 16.4 Å². The van der Waals surface area contributed by atoms with Gasteiger partial charge in [-0.05, 0) is 24.7 Å². The zero-order valence-corrected chi connectivity index (χ0v) is 17.7. The molecule has 1 atom stereocenters. The summed E-state index contributed by atoms with van der Waals surface area (Å²) in [5, 5.41) is 2.70. The molecule has 0 spiro atoms. The summed E-state index contributed by atoms with van der Waals surface area (Å²) in [6.45, 7) is 3.61. The average Bonchev–Trinajstić information content (AvgIpc) is 3.10. The van der Waals surface area contributed by atoms with Crippen molar-refractivity contribution < 1.29 is 13.2 Å². The summed E-state index contributed by atoms with van der Waals surface area (Å²) >= 11 is 1.22. The molecule has 2 aromatic rings. The predicted octanol–water partition coefficient (Wildman–Crippen LogP) is 2.48. The molecular weight excluding hydrogens is 406 g/mol. The summed E-state index contributed by atoms with van der Waals surface area (Å²) in [7, 11) is -1.58. The number of nitrogens with zero attached hydrogens (tertiary/aromatic N) is 2. The van der Waals surface area contributed by atoms with Crippen molar-refractivity contribution in [2.75, 3.05) is 26.7 Å². The van der Waals surface area contributed by atoms with Gasteiger partial charge in [-0.2, -0.15) is 4.31 Å². The minimum atomic E-state index is -3.59. The van der Waals surface area contributed by atoms with Crippen LogP contribution in [0.3, 0.4) is 0 Å². The summed E-state index contributed by atoms with van der Waals surface area (Å²) in [6.07, 6.45) is 0. The molecule has 1 aromatic carbocycles. The lowest BCUT2D eigenvalue weighted by molar-refractivity contribution is -0.119. The smallest absolute Gasteiger partial charge is 0.253 e. The second-order valence-electron chi connectivity index (χ2n) is 6.43. The summed E-state index contributed by atoms with van der Waals surface area (Å²) in [6, 6.07) is 12.9. The van der Waals surface area contributed by atoms with E-state index in [0.29, 0.717) is 30.4 Å². The Kier molecular flexibility index (Phi) is 7.41. The second kappa shape index (κ2) is 9.16. The van der Waals surface area contributed by atoms with Gasteiger partial charge in [0.15, 0.2) is 0 Å². The molecule has 0 saturated carbocycles. The quantitative estimate of drug-likeness (QED) is 0.792. The molecule has 0 bridgehead atoms. The highest BCUT2D eigenvalue weighted by atomic mass is 35.5. The SMILES string of the molecule is CC(=O)NCc1ccc(S(=O)(=O)N2CCN(C)CC2c2ccccc2)s1.Cl. The van der Waals surface area contributed by atoms with Gasteiger partial charge < -0.3 is 10.2 Å². The number of amides is 1. The van der Waals surface area contributed by atoms with Crippen LogP contribution in [0.4, 0.5) is 0 Å². The Morgan fingerprint density at radius 2 is 1.89 bits per heavy atom. The molecule has 1 aliphatic heterocycles. The lowest BCUT2D eigenvalue weighted by Crippen LogP contribution is -2.49. The minimum Gasteiger partial charge on any atom is -0.351 e. The number of likely N-dealkylation sites (N-methyl/N-ethyl adjacent to an activating group) is 1. The van der Waals surface area contributed by atoms with Crippen molar-refractivity contribution in [3.63, 3.8) is 0 Å². The number of halogens is 1. The number of piperazine rings is 1.